The topological polar surface area (TPSA) is 21.3 Å². The zero-order chi connectivity index (χ0) is 13.5. The van der Waals surface area contributed by atoms with Crippen LogP contribution in [-0.4, -0.2) is 20.3 Å². The molecule has 0 aliphatic rings. The van der Waals surface area contributed by atoms with Crippen molar-refractivity contribution >= 4 is 34.7 Å². The Hall–Kier alpha value is -0.520. The Morgan fingerprint density at radius 2 is 2.21 bits per heavy atom. The van der Waals surface area contributed by atoms with Gasteiger partial charge in [0.2, 0.25) is 0 Å². The van der Waals surface area contributed by atoms with Gasteiger partial charge in [-0.15, -0.1) is 11.3 Å². The molecule has 0 saturated carbocycles. The molecule has 5 heteroatoms. The van der Waals surface area contributed by atoms with Crippen molar-refractivity contribution < 1.29 is 4.74 Å². The Labute approximate surface area is 127 Å². The summed E-state index contributed by atoms with van der Waals surface area (Å²) in [6, 6.07) is 10.2. The highest BCUT2D eigenvalue weighted by molar-refractivity contribution is 8.01. The molecule has 0 aliphatic carbocycles. The SMILES string of the molecule is COCCNCc1cccc(Cl)c1Sc1cccs1. The minimum atomic E-state index is 0.716. The first-order valence-electron chi connectivity index (χ1n) is 5.99. The predicted molar refractivity (Wildman–Crippen MR) is 83.5 cm³/mol. The van der Waals surface area contributed by atoms with E-state index in [1.807, 2.05) is 12.1 Å². The Morgan fingerprint density at radius 3 is 2.95 bits per heavy atom. The van der Waals surface area contributed by atoms with Crippen LogP contribution in [0.3, 0.4) is 0 Å². The van der Waals surface area contributed by atoms with Gasteiger partial charge in [0, 0.05) is 25.1 Å². The molecule has 0 aliphatic heterocycles. The molecule has 19 heavy (non-hydrogen) atoms. The van der Waals surface area contributed by atoms with Crippen LogP contribution in [0.5, 0.6) is 0 Å². The highest BCUT2D eigenvalue weighted by atomic mass is 35.5. The standard InChI is InChI=1S/C14H16ClNOS2/c1-17-8-7-16-10-11-4-2-5-12(15)14(11)19-13-6-3-9-18-13/h2-6,9,16H,7-8,10H2,1H3. The lowest BCUT2D eigenvalue weighted by molar-refractivity contribution is 0.199. The van der Waals surface area contributed by atoms with Gasteiger partial charge in [0.1, 0.15) is 0 Å². The van der Waals surface area contributed by atoms with Crippen LogP contribution < -0.4 is 5.32 Å². The average molecular weight is 314 g/mol. The van der Waals surface area contributed by atoms with Crippen LogP contribution in [0.15, 0.2) is 44.8 Å². The molecule has 1 heterocycles. The molecular weight excluding hydrogens is 298 g/mol. The number of methoxy groups -OCH3 is 1. The average Bonchev–Trinajstić information content (AvgIpc) is 2.91. The Balaban J connectivity index is 2.07. The summed E-state index contributed by atoms with van der Waals surface area (Å²) >= 11 is 9.78. The number of ether oxygens (including phenoxy) is 1. The number of halogens is 1. The first-order chi connectivity index (χ1) is 9.31. The van der Waals surface area contributed by atoms with E-state index in [4.69, 9.17) is 16.3 Å². The van der Waals surface area contributed by atoms with Gasteiger partial charge in [-0.05, 0) is 23.1 Å². The van der Waals surface area contributed by atoms with Gasteiger partial charge in [-0.25, -0.2) is 0 Å². The van der Waals surface area contributed by atoms with Gasteiger partial charge in [0.25, 0.3) is 0 Å². The van der Waals surface area contributed by atoms with E-state index in [2.05, 4.69) is 28.9 Å². The van der Waals surface area contributed by atoms with E-state index in [1.165, 1.54) is 9.77 Å². The molecule has 0 radical (unpaired) electrons. The maximum absolute atomic E-state index is 6.32. The van der Waals surface area contributed by atoms with Crippen molar-refractivity contribution in [2.45, 2.75) is 15.6 Å². The quantitative estimate of drug-likeness (QED) is 0.771. The summed E-state index contributed by atoms with van der Waals surface area (Å²) in [6.07, 6.45) is 0. The number of thiophene rings is 1. The Kier molecular flexibility index (Phi) is 6.20. The summed E-state index contributed by atoms with van der Waals surface area (Å²) in [5.41, 5.74) is 1.22. The zero-order valence-corrected chi connectivity index (χ0v) is 13.1. The highest BCUT2D eigenvalue weighted by Gasteiger charge is 2.09. The molecule has 0 bridgehead atoms. The van der Waals surface area contributed by atoms with Gasteiger partial charge in [-0.3, -0.25) is 0 Å². The second-order valence-electron chi connectivity index (χ2n) is 3.93. The summed E-state index contributed by atoms with van der Waals surface area (Å²) in [4.78, 5) is 1.14. The monoisotopic (exact) mass is 313 g/mol. The third-order valence-corrected chi connectivity index (χ3v) is 5.20. The molecule has 102 valence electrons. The number of hydrogen-bond donors (Lipinski definition) is 1. The van der Waals surface area contributed by atoms with Crippen molar-refractivity contribution in [3.05, 3.63) is 46.3 Å². The molecular formula is C14H16ClNOS2. The molecule has 0 atom stereocenters. The number of benzene rings is 1. The second kappa shape index (κ2) is 7.92. The van der Waals surface area contributed by atoms with E-state index >= 15 is 0 Å². The van der Waals surface area contributed by atoms with Crippen molar-refractivity contribution in [1.29, 1.82) is 0 Å². The first-order valence-corrected chi connectivity index (χ1v) is 8.07. The van der Waals surface area contributed by atoms with E-state index in [0.29, 0.717) is 6.61 Å². The molecule has 2 nitrogen and oxygen atoms in total. The summed E-state index contributed by atoms with van der Waals surface area (Å²) in [5, 5.41) is 6.24. The van der Waals surface area contributed by atoms with Crippen molar-refractivity contribution in [2.24, 2.45) is 0 Å². The zero-order valence-electron chi connectivity index (χ0n) is 10.7. The van der Waals surface area contributed by atoms with E-state index < -0.39 is 0 Å². The predicted octanol–water partition coefficient (Wildman–Crippen LogP) is 4.29. The Morgan fingerprint density at radius 1 is 1.32 bits per heavy atom. The van der Waals surface area contributed by atoms with Crippen molar-refractivity contribution in [3.8, 4) is 0 Å². The van der Waals surface area contributed by atoms with Crippen LogP contribution in [0.25, 0.3) is 0 Å². The van der Waals surface area contributed by atoms with E-state index in [-0.39, 0.29) is 0 Å². The lowest BCUT2D eigenvalue weighted by Crippen LogP contribution is -2.18. The molecule has 1 aromatic carbocycles. The highest BCUT2D eigenvalue weighted by Crippen LogP contribution is 2.38. The minimum Gasteiger partial charge on any atom is -0.383 e. The summed E-state index contributed by atoms with van der Waals surface area (Å²) < 4.78 is 6.28. The van der Waals surface area contributed by atoms with Crippen LogP contribution in [0.2, 0.25) is 5.02 Å². The van der Waals surface area contributed by atoms with Gasteiger partial charge < -0.3 is 10.1 Å². The molecule has 0 saturated heterocycles. The summed E-state index contributed by atoms with van der Waals surface area (Å²) in [7, 11) is 1.71. The minimum absolute atomic E-state index is 0.716. The molecule has 1 N–H and O–H groups in total. The smallest absolute Gasteiger partial charge is 0.0646 e. The Bertz CT molecular complexity index is 502. The normalized spacial score (nSPS) is 10.8. The van der Waals surface area contributed by atoms with Crippen LogP contribution in [0.4, 0.5) is 0 Å². The van der Waals surface area contributed by atoms with Crippen LogP contribution >= 0.6 is 34.7 Å². The molecule has 0 unspecified atom stereocenters. The van der Waals surface area contributed by atoms with Gasteiger partial charge >= 0.3 is 0 Å². The molecule has 2 rings (SSSR count). The maximum atomic E-state index is 6.32. The van der Waals surface area contributed by atoms with Crippen LogP contribution in [0, 0.1) is 0 Å². The lowest BCUT2D eigenvalue weighted by atomic mass is 10.2. The van der Waals surface area contributed by atoms with Gasteiger partial charge in [-0.1, -0.05) is 41.6 Å². The molecule has 1 aromatic heterocycles. The number of rotatable bonds is 7. The lowest BCUT2D eigenvalue weighted by Gasteiger charge is -2.11. The summed E-state index contributed by atoms with van der Waals surface area (Å²) in [5.74, 6) is 0. The van der Waals surface area contributed by atoms with Crippen molar-refractivity contribution in [3.63, 3.8) is 0 Å². The molecule has 0 amide bonds. The molecule has 0 spiro atoms. The number of hydrogen-bond acceptors (Lipinski definition) is 4. The fourth-order valence-corrected chi connectivity index (χ4v) is 3.78. The third-order valence-electron chi connectivity index (χ3n) is 2.54. The second-order valence-corrected chi connectivity index (χ2v) is 6.60. The largest absolute Gasteiger partial charge is 0.383 e. The third kappa shape index (κ3) is 4.51. The van der Waals surface area contributed by atoms with E-state index in [1.54, 1.807) is 30.2 Å². The molecule has 2 aromatic rings. The van der Waals surface area contributed by atoms with Crippen LogP contribution in [0.1, 0.15) is 5.56 Å². The molecule has 0 fully saturated rings. The summed E-state index contributed by atoms with van der Waals surface area (Å²) in [6.45, 7) is 2.36. The van der Waals surface area contributed by atoms with Gasteiger partial charge in [0.05, 0.1) is 15.8 Å². The van der Waals surface area contributed by atoms with E-state index in [9.17, 15) is 0 Å². The fourth-order valence-electron chi connectivity index (χ4n) is 1.63. The fraction of sp³-hybridized carbons (Fsp3) is 0.286. The van der Waals surface area contributed by atoms with Crippen molar-refractivity contribution in [1.82, 2.24) is 5.32 Å². The maximum Gasteiger partial charge on any atom is 0.0646 e. The van der Waals surface area contributed by atoms with Crippen LogP contribution in [-0.2, 0) is 11.3 Å². The van der Waals surface area contributed by atoms with Gasteiger partial charge in [-0.2, -0.15) is 0 Å². The van der Waals surface area contributed by atoms with Gasteiger partial charge in [0.15, 0.2) is 0 Å². The first kappa shape index (κ1) is 14.9. The van der Waals surface area contributed by atoms with Crippen molar-refractivity contribution in [2.75, 3.05) is 20.3 Å². The van der Waals surface area contributed by atoms with E-state index in [0.717, 1.165) is 23.0 Å². The number of nitrogens with one attached hydrogen (secondary N) is 1.